The van der Waals surface area contributed by atoms with Crippen molar-refractivity contribution in [3.05, 3.63) is 41.3 Å². The summed E-state index contributed by atoms with van der Waals surface area (Å²) >= 11 is 6.44. The van der Waals surface area contributed by atoms with Crippen molar-refractivity contribution in [3.8, 4) is 17.5 Å². The number of pyridine rings is 1. The van der Waals surface area contributed by atoms with Gasteiger partial charge in [0.15, 0.2) is 5.69 Å². The van der Waals surface area contributed by atoms with Crippen molar-refractivity contribution in [3.63, 3.8) is 0 Å². The normalized spacial score (nSPS) is 14.5. The molecule has 1 fully saturated rings. The van der Waals surface area contributed by atoms with Gasteiger partial charge in [0.25, 0.3) is 0 Å². The number of hydrogen-bond acceptors (Lipinski definition) is 11. The Labute approximate surface area is 245 Å². The Balaban J connectivity index is 0.00000181. The van der Waals surface area contributed by atoms with E-state index in [2.05, 4.69) is 54.7 Å². The van der Waals surface area contributed by atoms with Crippen LogP contribution in [0.3, 0.4) is 0 Å². The predicted octanol–water partition coefficient (Wildman–Crippen LogP) is 4.85. The maximum absolute atomic E-state index is 12.3. The molecule has 11 nitrogen and oxygen atoms in total. The van der Waals surface area contributed by atoms with E-state index < -0.39 is 5.60 Å². The number of ether oxygens (including phenoxy) is 1. The summed E-state index contributed by atoms with van der Waals surface area (Å²) in [6.45, 7) is 12.3. The molecule has 1 N–H and O–H groups in total. The summed E-state index contributed by atoms with van der Waals surface area (Å²) in [7, 11) is 0. The highest BCUT2D eigenvalue weighted by Crippen LogP contribution is 2.36. The second-order valence-electron chi connectivity index (χ2n) is 10.9. The predicted molar refractivity (Wildman–Crippen MR) is 161 cm³/mol. The molecule has 0 aromatic carbocycles. The first-order valence-corrected chi connectivity index (χ1v) is 14.8. The van der Waals surface area contributed by atoms with Gasteiger partial charge < -0.3 is 19.9 Å². The van der Waals surface area contributed by atoms with E-state index >= 15 is 0 Å². The summed E-state index contributed by atoms with van der Waals surface area (Å²) in [6.07, 6.45) is 4.91. The summed E-state index contributed by atoms with van der Waals surface area (Å²) < 4.78 is 7.37. The van der Waals surface area contributed by atoms with Crippen LogP contribution in [0.5, 0.6) is 0 Å². The Morgan fingerprint density at radius 1 is 1.10 bits per heavy atom. The van der Waals surface area contributed by atoms with Crippen LogP contribution in [-0.4, -0.2) is 67.5 Å². The molecule has 1 aliphatic heterocycles. The number of aryl methyl sites for hydroxylation is 1. The number of anilines is 3. The average molecular weight is 582 g/mol. The van der Waals surface area contributed by atoms with Crippen molar-refractivity contribution in [2.75, 3.05) is 36.4 Å². The van der Waals surface area contributed by atoms with Crippen LogP contribution in [-0.2, 0) is 17.6 Å². The van der Waals surface area contributed by atoms with E-state index in [1.807, 2.05) is 63.8 Å². The Morgan fingerprint density at radius 3 is 2.42 bits per heavy atom. The lowest BCUT2D eigenvalue weighted by molar-refractivity contribution is 0.0240. The highest BCUT2D eigenvalue weighted by atomic mass is 33.1. The van der Waals surface area contributed by atoms with Crippen LogP contribution >= 0.6 is 23.3 Å². The summed E-state index contributed by atoms with van der Waals surface area (Å²) in [5.74, 6) is 1.07. The van der Waals surface area contributed by atoms with Crippen LogP contribution in [0, 0.1) is 11.3 Å². The van der Waals surface area contributed by atoms with Crippen molar-refractivity contribution in [2.45, 2.75) is 59.1 Å². The zero-order chi connectivity index (χ0) is 29.0. The lowest BCUT2D eigenvalue weighted by atomic mass is 9.93. The van der Waals surface area contributed by atoms with Gasteiger partial charge in [-0.2, -0.15) is 10.4 Å². The number of fused-ring (bicyclic) bond motifs is 3. The van der Waals surface area contributed by atoms with Gasteiger partial charge in [-0.3, -0.25) is 4.68 Å². The van der Waals surface area contributed by atoms with Crippen LogP contribution in [0.2, 0.25) is 0 Å². The van der Waals surface area contributed by atoms with E-state index in [1.54, 1.807) is 4.90 Å². The molecule has 0 bridgehead atoms. The zero-order valence-electron chi connectivity index (χ0n) is 23.4. The molecule has 5 rings (SSSR count). The molecule has 40 heavy (non-hydrogen) atoms. The zero-order valence-corrected chi connectivity index (χ0v) is 25.2. The summed E-state index contributed by atoms with van der Waals surface area (Å²) in [5, 5.41) is 17.3. The highest BCUT2D eigenvalue weighted by molar-refractivity contribution is 8.59. The fraction of sp³-hybridized carbons (Fsp3) is 0.481. The fourth-order valence-corrected chi connectivity index (χ4v) is 4.77. The van der Waals surface area contributed by atoms with Crippen molar-refractivity contribution in [1.82, 2.24) is 29.6 Å². The SMILES string of the molecule is CC(C)n1nc(C#N)c2c1-c1nc(Nc3ccc(N4CCN(C(=O)OC(C)(C)C)CC4)cn3)ncc1CC2.SS. The molecular weight excluding hydrogens is 546 g/mol. The summed E-state index contributed by atoms with van der Waals surface area (Å²) in [4.78, 5) is 30.2. The maximum Gasteiger partial charge on any atom is 0.410 e. The van der Waals surface area contributed by atoms with E-state index in [1.165, 1.54) is 0 Å². The van der Waals surface area contributed by atoms with Crippen molar-refractivity contribution in [1.29, 1.82) is 5.26 Å². The maximum atomic E-state index is 12.3. The van der Waals surface area contributed by atoms with Crippen LogP contribution in [0.4, 0.5) is 22.2 Å². The Morgan fingerprint density at radius 2 is 1.82 bits per heavy atom. The molecule has 3 aromatic heterocycles. The number of nitriles is 1. The lowest BCUT2D eigenvalue weighted by Crippen LogP contribution is -2.50. The van der Waals surface area contributed by atoms with Crippen LogP contribution in [0.1, 0.15) is 57.5 Å². The van der Waals surface area contributed by atoms with Crippen LogP contribution < -0.4 is 10.2 Å². The number of hydrogen-bond donors (Lipinski definition) is 3. The summed E-state index contributed by atoms with van der Waals surface area (Å²) in [6, 6.07) is 6.24. The molecule has 0 atom stereocenters. The van der Waals surface area contributed by atoms with Gasteiger partial charge in [-0.05, 0) is 65.2 Å². The molecular formula is C27H35N9O2S2. The number of piperazine rings is 1. The standard InChI is InChI=1S/C27H33N9O2.H2S2/c1-17(2)36-24-20(21(14-28)33-36)8-6-18-15-30-25(32-23(18)24)31-22-9-7-19(16-29-22)34-10-12-35(13-11-34)26(37)38-27(3,4)5;1-2/h7,9,15-17H,6,8,10-13H2,1-5H3,(H,29,30,31,32);1-2H. The number of nitrogens with zero attached hydrogens (tertiary/aromatic N) is 8. The molecule has 0 saturated carbocycles. The largest absolute Gasteiger partial charge is 0.444 e. The van der Waals surface area contributed by atoms with Crippen molar-refractivity contribution >= 4 is 46.9 Å². The van der Waals surface area contributed by atoms with E-state index in [9.17, 15) is 10.1 Å². The number of carbonyl (C=O) groups excluding carboxylic acids is 1. The number of nitrogens with one attached hydrogen (secondary N) is 1. The first-order chi connectivity index (χ1) is 19.1. The molecule has 0 spiro atoms. The molecule has 2 aliphatic rings. The van der Waals surface area contributed by atoms with E-state index in [-0.39, 0.29) is 12.1 Å². The molecule has 212 valence electrons. The third-order valence-electron chi connectivity index (χ3n) is 6.62. The van der Waals surface area contributed by atoms with Crippen LogP contribution in [0.25, 0.3) is 11.4 Å². The Bertz CT molecular complexity index is 1390. The van der Waals surface area contributed by atoms with Gasteiger partial charge in [-0.1, -0.05) is 0 Å². The van der Waals surface area contributed by atoms with Crippen molar-refractivity contribution in [2.24, 2.45) is 0 Å². The highest BCUT2D eigenvalue weighted by Gasteiger charge is 2.29. The average Bonchev–Trinajstić information content (AvgIpc) is 3.34. The van der Waals surface area contributed by atoms with Gasteiger partial charge in [-0.15, -0.1) is 23.3 Å². The molecule has 4 heterocycles. The minimum atomic E-state index is -0.500. The van der Waals surface area contributed by atoms with Gasteiger partial charge in [0.05, 0.1) is 23.3 Å². The van der Waals surface area contributed by atoms with Gasteiger partial charge in [0, 0.05) is 44.0 Å². The van der Waals surface area contributed by atoms with Gasteiger partial charge in [0.2, 0.25) is 5.95 Å². The minimum absolute atomic E-state index is 0.100. The van der Waals surface area contributed by atoms with Crippen LogP contribution in [0.15, 0.2) is 24.5 Å². The third kappa shape index (κ3) is 6.45. The second kappa shape index (κ2) is 12.3. The number of amides is 1. The number of aromatic nitrogens is 5. The number of rotatable bonds is 4. The molecule has 3 aromatic rings. The second-order valence-corrected chi connectivity index (χ2v) is 10.9. The smallest absolute Gasteiger partial charge is 0.410 e. The third-order valence-corrected chi connectivity index (χ3v) is 6.62. The lowest BCUT2D eigenvalue weighted by Gasteiger charge is -2.36. The van der Waals surface area contributed by atoms with E-state index in [4.69, 9.17) is 9.72 Å². The Hall–Kier alpha value is -3.50. The van der Waals surface area contributed by atoms with Gasteiger partial charge >= 0.3 is 6.09 Å². The summed E-state index contributed by atoms with van der Waals surface area (Å²) in [5.41, 5.74) is 4.66. The van der Waals surface area contributed by atoms with E-state index in [0.29, 0.717) is 43.6 Å². The quantitative estimate of drug-likeness (QED) is 0.293. The van der Waals surface area contributed by atoms with Gasteiger partial charge in [0.1, 0.15) is 17.5 Å². The first kappa shape index (κ1) is 29.5. The van der Waals surface area contributed by atoms with E-state index in [0.717, 1.165) is 41.0 Å². The van der Waals surface area contributed by atoms with Crippen molar-refractivity contribution < 1.29 is 9.53 Å². The molecule has 1 saturated heterocycles. The molecule has 13 heteroatoms. The number of thiol groups is 2. The first-order valence-electron chi connectivity index (χ1n) is 13.2. The molecule has 1 amide bonds. The number of carbonyl (C=O) groups is 1. The Kier molecular flexibility index (Phi) is 9.10. The molecule has 0 radical (unpaired) electrons. The molecule has 1 aliphatic carbocycles. The topological polar surface area (TPSA) is 125 Å². The van der Waals surface area contributed by atoms with Gasteiger partial charge in [-0.25, -0.2) is 19.7 Å². The minimum Gasteiger partial charge on any atom is -0.444 e. The molecule has 0 unspecified atom stereocenters. The fourth-order valence-electron chi connectivity index (χ4n) is 4.77. The monoisotopic (exact) mass is 581 g/mol.